The van der Waals surface area contributed by atoms with E-state index in [0.29, 0.717) is 10.0 Å². The molecule has 1 amide bonds. The summed E-state index contributed by atoms with van der Waals surface area (Å²) in [6.45, 7) is 0. The van der Waals surface area contributed by atoms with Gasteiger partial charge in [0.1, 0.15) is 21.7 Å². The highest BCUT2D eigenvalue weighted by Crippen LogP contribution is 2.40. The Kier molecular flexibility index (Phi) is 5.62. The Morgan fingerprint density at radius 2 is 1.78 bits per heavy atom. The Morgan fingerprint density at radius 3 is 2.43 bits per heavy atom. The van der Waals surface area contributed by atoms with Crippen LogP contribution in [0.3, 0.4) is 0 Å². The van der Waals surface area contributed by atoms with Crippen molar-refractivity contribution in [3.8, 4) is 17.2 Å². The van der Waals surface area contributed by atoms with Gasteiger partial charge in [-0.05, 0) is 55.6 Å². The molecular formula is C15H12Br2N2O4. The topological polar surface area (TPSA) is 102 Å². The van der Waals surface area contributed by atoms with Gasteiger partial charge in [0.05, 0.1) is 17.1 Å². The molecule has 0 atom stereocenters. The standard InChI is InChI=1S/C15H12Br2N2O4/c16-11-6-9(14(22)13(17)15(11)23)7-18-19-12(21)5-8-1-3-10(20)4-2-8/h1-4,6-7,20,22-23H,5H2,(H,19,21)/b18-7+. The predicted octanol–water partition coefficient (Wildman–Crippen LogP) is 3.02. The number of rotatable bonds is 4. The van der Waals surface area contributed by atoms with Crippen molar-refractivity contribution in [2.75, 3.05) is 0 Å². The number of benzene rings is 2. The van der Waals surface area contributed by atoms with E-state index in [4.69, 9.17) is 0 Å². The van der Waals surface area contributed by atoms with Gasteiger partial charge in [0, 0.05) is 5.56 Å². The number of carbonyl (C=O) groups excluding carboxylic acids is 1. The van der Waals surface area contributed by atoms with Gasteiger partial charge in [0.25, 0.3) is 0 Å². The minimum Gasteiger partial charge on any atom is -0.508 e. The second-order valence-electron chi connectivity index (χ2n) is 4.60. The molecule has 0 radical (unpaired) electrons. The first-order valence-corrected chi connectivity index (χ1v) is 7.97. The lowest BCUT2D eigenvalue weighted by Crippen LogP contribution is -2.19. The maximum atomic E-state index is 11.8. The summed E-state index contributed by atoms with van der Waals surface area (Å²) in [4.78, 5) is 11.8. The van der Waals surface area contributed by atoms with Crippen LogP contribution in [0.15, 0.2) is 44.4 Å². The van der Waals surface area contributed by atoms with Crippen LogP contribution in [-0.2, 0) is 11.2 Å². The summed E-state index contributed by atoms with van der Waals surface area (Å²) in [5.74, 6) is -0.535. The number of hydrogen-bond acceptors (Lipinski definition) is 5. The Labute approximate surface area is 148 Å². The molecule has 8 heteroatoms. The van der Waals surface area contributed by atoms with Crippen LogP contribution in [0.25, 0.3) is 0 Å². The quantitative estimate of drug-likeness (QED) is 0.430. The molecule has 0 bridgehead atoms. The van der Waals surface area contributed by atoms with Crippen molar-refractivity contribution in [1.82, 2.24) is 5.43 Å². The molecule has 4 N–H and O–H groups in total. The van der Waals surface area contributed by atoms with Crippen LogP contribution in [0.1, 0.15) is 11.1 Å². The molecule has 0 aliphatic heterocycles. The van der Waals surface area contributed by atoms with E-state index in [0.717, 1.165) is 5.56 Å². The molecule has 0 spiro atoms. The molecule has 0 saturated carbocycles. The van der Waals surface area contributed by atoms with Gasteiger partial charge in [-0.15, -0.1) is 0 Å². The first-order valence-electron chi connectivity index (χ1n) is 6.38. The van der Waals surface area contributed by atoms with Gasteiger partial charge in [-0.25, -0.2) is 5.43 Å². The lowest BCUT2D eigenvalue weighted by molar-refractivity contribution is -0.120. The number of phenolic OH excluding ortho intramolecular Hbond substituents is 3. The molecule has 0 fully saturated rings. The van der Waals surface area contributed by atoms with E-state index in [1.54, 1.807) is 12.1 Å². The largest absolute Gasteiger partial charge is 0.508 e. The van der Waals surface area contributed by atoms with Crippen LogP contribution in [0.5, 0.6) is 17.2 Å². The second kappa shape index (κ2) is 7.47. The van der Waals surface area contributed by atoms with Crippen molar-refractivity contribution < 1.29 is 20.1 Å². The fraction of sp³-hybridized carbons (Fsp3) is 0.0667. The van der Waals surface area contributed by atoms with E-state index < -0.39 is 0 Å². The summed E-state index contributed by atoms with van der Waals surface area (Å²) in [6.07, 6.45) is 1.37. The van der Waals surface area contributed by atoms with Gasteiger partial charge in [0.2, 0.25) is 5.91 Å². The maximum Gasteiger partial charge on any atom is 0.244 e. The SMILES string of the molecule is O=C(Cc1ccc(O)cc1)N/N=C/c1cc(Br)c(O)c(Br)c1O. The average molecular weight is 444 g/mol. The van der Waals surface area contributed by atoms with Gasteiger partial charge in [0.15, 0.2) is 0 Å². The third-order valence-corrected chi connectivity index (χ3v) is 4.25. The molecule has 0 aliphatic carbocycles. The Balaban J connectivity index is 2.01. The third kappa shape index (κ3) is 4.46. The Bertz CT molecular complexity index is 761. The lowest BCUT2D eigenvalue weighted by atomic mass is 10.1. The zero-order valence-corrected chi connectivity index (χ0v) is 14.8. The number of nitrogens with one attached hydrogen (secondary N) is 1. The first-order chi connectivity index (χ1) is 10.9. The normalized spacial score (nSPS) is 10.9. The third-order valence-electron chi connectivity index (χ3n) is 2.89. The minimum absolute atomic E-state index is 0.104. The first kappa shape index (κ1) is 17.3. The summed E-state index contributed by atoms with van der Waals surface area (Å²) in [5, 5.41) is 32.4. The smallest absolute Gasteiger partial charge is 0.244 e. The molecule has 2 aromatic carbocycles. The van der Waals surface area contributed by atoms with E-state index in [2.05, 4.69) is 42.4 Å². The van der Waals surface area contributed by atoms with Crippen LogP contribution in [0, 0.1) is 0 Å². The van der Waals surface area contributed by atoms with E-state index in [1.807, 2.05) is 0 Å². The average Bonchev–Trinajstić information content (AvgIpc) is 2.52. The predicted molar refractivity (Wildman–Crippen MR) is 92.7 cm³/mol. The van der Waals surface area contributed by atoms with Crippen LogP contribution in [-0.4, -0.2) is 27.4 Å². The van der Waals surface area contributed by atoms with E-state index in [9.17, 15) is 20.1 Å². The summed E-state index contributed by atoms with van der Waals surface area (Å²) in [7, 11) is 0. The van der Waals surface area contributed by atoms with Gasteiger partial charge in [-0.2, -0.15) is 5.10 Å². The number of amides is 1. The van der Waals surface area contributed by atoms with Gasteiger partial charge in [-0.1, -0.05) is 12.1 Å². The zero-order chi connectivity index (χ0) is 17.0. The van der Waals surface area contributed by atoms with E-state index >= 15 is 0 Å². The summed E-state index contributed by atoms with van der Waals surface area (Å²) in [6, 6.07) is 7.73. The molecule has 2 rings (SSSR count). The van der Waals surface area contributed by atoms with Crippen LogP contribution < -0.4 is 5.43 Å². The fourth-order valence-corrected chi connectivity index (χ4v) is 2.88. The van der Waals surface area contributed by atoms with Crippen molar-refractivity contribution in [2.24, 2.45) is 5.10 Å². The number of phenols is 3. The van der Waals surface area contributed by atoms with E-state index in [-0.39, 0.29) is 34.0 Å². The number of carbonyl (C=O) groups is 1. The molecule has 23 heavy (non-hydrogen) atoms. The maximum absolute atomic E-state index is 11.8. The van der Waals surface area contributed by atoms with E-state index in [1.165, 1.54) is 24.4 Å². The van der Waals surface area contributed by atoms with Crippen molar-refractivity contribution in [1.29, 1.82) is 0 Å². The highest BCUT2D eigenvalue weighted by Gasteiger charge is 2.12. The van der Waals surface area contributed by atoms with Crippen molar-refractivity contribution in [3.63, 3.8) is 0 Å². The molecule has 0 aliphatic rings. The highest BCUT2D eigenvalue weighted by atomic mass is 79.9. The van der Waals surface area contributed by atoms with Crippen molar-refractivity contribution in [2.45, 2.75) is 6.42 Å². The van der Waals surface area contributed by atoms with Crippen LogP contribution >= 0.6 is 31.9 Å². The number of halogens is 2. The number of aromatic hydroxyl groups is 3. The Hall–Kier alpha value is -2.06. The summed E-state index contributed by atoms with van der Waals surface area (Å²) in [5.41, 5.74) is 3.38. The summed E-state index contributed by atoms with van der Waals surface area (Å²) >= 11 is 6.19. The lowest BCUT2D eigenvalue weighted by Gasteiger charge is -2.06. The Morgan fingerprint density at radius 1 is 1.13 bits per heavy atom. The molecule has 2 aromatic rings. The van der Waals surface area contributed by atoms with Gasteiger partial charge >= 0.3 is 0 Å². The van der Waals surface area contributed by atoms with Gasteiger partial charge < -0.3 is 15.3 Å². The van der Waals surface area contributed by atoms with Crippen LogP contribution in [0.4, 0.5) is 0 Å². The molecule has 6 nitrogen and oxygen atoms in total. The zero-order valence-electron chi connectivity index (χ0n) is 11.6. The van der Waals surface area contributed by atoms with Gasteiger partial charge in [-0.3, -0.25) is 4.79 Å². The molecule has 0 unspecified atom stereocenters. The molecule has 0 heterocycles. The summed E-state index contributed by atoms with van der Waals surface area (Å²) < 4.78 is 0.503. The minimum atomic E-state index is -0.344. The molecule has 120 valence electrons. The highest BCUT2D eigenvalue weighted by molar-refractivity contribution is 9.11. The van der Waals surface area contributed by atoms with Crippen molar-refractivity contribution in [3.05, 3.63) is 50.4 Å². The number of hydrogen-bond donors (Lipinski definition) is 4. The fourth-order valence-electron chi connectivity index (χ4n) is 1.73. The molecular weight excluding hydrogens is 432 g/mol. The molecule has 0 saturated heterocycles. The number of nitrogens with zero attached hydrogens (tertiary/aromatic N) is 1. The number of hydrazone groups is 1. The molecule has 0 aromatic heterocycles. The second-order valence-corrected chi connectivity index (χ2v) is 6.24. The van der Waals surface area contributed by atoms with Crippen molar-refractivity contribution >= 4 is 44.0 Å². The monoisotopic (exact) mass is 442 g/mol. The van der Waals surface area contributed by atoms with Crippen LogP contribution in [0.2, 0.25) is 0 Å².